The molecule has 456 valence electrons. The number of aromatic nitrogens is 4. The lowest BCUT2D eigenvalue weighted by Crippen LogP contribution is -2.39. The zero-order valence-electron chi connectivity index (χ0n) is 45.2. The van der Waals surface area contributed by atoms with Crippen molar-refractivity contribution < 1.29 is 116 Å². The van der Waals surface area contributed by atoms with Crippen LogP contribution < -0.4 is 27.4 Å². The number of aliphatic hydroxyl groups is 2. The van der Waals surface area contributed by atoms with Crippen molar-refractivity contribution in [1.29, 1.82) is 0 Å². The normalized spacial score (nSPS) is 25.2. The highest BCUT2D eigenvalue weighted by molar-refractivity contribution is 7.72. The number of morpholine rings is 1. The van der Waals surface area contributed by atoms with Gasteiger partial charge in [0.15, 0.2) is 0 Å². The Balaban J connectivity index is 0.000000402. The molecule has 79 heavy (non-hydrogen) atoms. The van der Waals surface area contributed by atoms with Crippen LogP contribution in [0.2, 0.25) is 0 Å². The molecule has 5 rings (SSSR count). The van der Waals surface area contributed by atoms with E-state index in [2.05, 4.69) is 27.6 Å². The lowest BCUT2D eigenvalue weighted by Gasteiger charge is -2.37. The summed E-state index contributed by atoms with van der Waals surface area (Å²) < 4.78 is 150. The van der Waals surface area contributed by atoms with E-state index < -0.39 is 138 Å². The van der Waals surface area contributed by atoms with Gasteiger partial charge >= 0.3 is 61.3 Å². The van der Waals surface area contributed by atoms with Crippen molar-refractivity contribution in [3.8, 4) is 0 Å². The van der Waals surface area contributed by atoms with Crippen LogP contribution >= 0.6 is 60.5 Å². The zero-order chi connectivity index (χ0) is 61.1. The number of aliphatic hydroxyl groups excluding tert-OH is 2. The Morgan fingerprint density at radius 2 is 0.975 bits per heavy atom. The van der Waals surface area contributed by atoms with Gasteiger partial charge in [-0.05, 0) is 13.8 Å². The molecule has 5 heterocycles. The number of nitrogens with zero attached hydrogens (tertiary/aromatic N) is 3. The maximum absolute atomic E-state index is 12.6. The Morgan fingerprint density at radius 1 is 0.608 bits per heavy atom. The SMILES string of the molecule is CC(=O)OP(C)(=O)OP(C)(=O)OP(C)(=O)OC[C@H]1O[C@@H](n2cc(C)c(=O)[nH]c2=O)CC1O.CC(=O)OP(C)(=O)OP(C)(C)=O.CP(C)(=O)OP(C)(=O)O.Cc1cn([C@H]2CC(O)[C@@H](COP(=O)([O-])N3CCOCC3)O2)c(=O)[nH]c1=O. The van der Waals surface area contributed by atoms with Crippen LogP contribution in [0.25, 0.3) is 0 Å². The Hall–Kier alpha value is -2.42. The van der Waals surface area contributed by atoms with Crippen LogP contribution in [-0.4, -0.2) is 175 Å². The van der Waals surface area contributed by atoms with Gasteiger partial charge in [-0.3, -0.25) is 70.0 Å². The molecular formula is C37H68N5O29P8-. The third-order valence-corrected chi connectivity index (χ3v) is 23.1. The topological polar surface area (TPSA) is 469 Å². The molecule has 5 N–H and O–H groups in total. The second-order valence-electron chi connectivity index (χ2n) is 18.3. The van der Waals surface area contributed by atoms with E-state index in [0.717, 1.165) is 51.7 Å². The molecular weight excluding hydrogens is 1230 g/mol. The van der Waals surface area contributed by atoms with Crippen molar-refractivity contribution in [3.63, 3.8) is 0 Å². The number of hydrogen-bond acceptors (Lipinski definition) is 28. The first-order valence-electron chi connectivity index (χ1n) is 22.8. The molecule has 42 heteroatoms. The highest BCUT2D eigenvalue weighted by Gasteiger charge is 2.41. The quantitative estimate of drug-likeness (QED) is 0.126. The molecule has 0 radical (unpaired) electrons. The van der Waals surface area contributed by atoms with Crippen LogP contribution in [0.4, 0.5) is 0 Å². The van der Waals surface area contributed by atoms with E-state index in [0.29, 0.717) is 18.8 Å². The van der Waals surface area contributed by atoms with Gasteiger partial charge in [-0.15, -0.1) is 0 Å². The summed E-state index contributed by atoms with van der Waals surface area (Å²) in [6.07, 6.45) is -3.15. The van der Waals surface area contributed by atoms with Gasteiger partial charge in [-0.1, -0.05) is 0 Å². The third-order valence-electron chi connectivity index (χ3n) is 9.40. The summed E-state index contributed by atoms with van der Waals surface area (Å²) in [7, 11) is -29.4. The monoisotopic (exact) mass is 1290 g/mol. The minimum absolute atomic E-state index is 0.0227. The molecule has 0 aromatic carbocycles. The Kier molecular flexibility index (Phi) is 27.0. The van der Waals surface area contributed by atoms with Gasteiger partial charge in [0.05, 0.1) is 52.0 Å². The fraction of sp³-hybridized carbons (Fsp3) is 0.730. The second kappa shape index (κ2) is 29.4. The van der Waals surface area contributed by atoms with Crippen molar-refractivity contribution in [3.05, 3.63) is 65.2 Å². The molecule has 0 amide bonds. The van der Waals surface area contributed by atoms with Crippen LogP contribution in [0.1, 0.15) is 50.3 Å². The number of aromatic amines is 2. The maximum atomic E-state index is 12.6. The molecule has 0 aliphatic carbocycles. The van der Waals surface area contributed by atoms with Crippen LogP contribution in [0, 0.1) is 13.8 Å². The van der Waals surface area contributed by atoms with Gasteiger partial charge in [0, 0.05) is 110 Å². The first kappa shape index (κ1) is 72.7. The summed E-state index contributed by atoms with van der Waals surface area (Å²) in [6, 6.07) is 0. The van der Waals surface area contributed by atoms with E-state index in [1.165, 1.54) is 62.1 Å². The lowest BCUT2D eigenvalue weighted by atomic mass is 10.2. The first-order chi connectivity index (χ1) is 35.6. The van der Waals surface area contributed by atoms with E-state index in [-0.39, 0.29) is 38.1 Å². The zero-order valence-corrected chi connectivity index (χ0v) is 52.3. The van der Waals surface area contributed by atoms with Gasteiger partial charge in [-0.25, -0.2) is 36.3 Å². The van der Waals surface area contributed by atoms with Crippen LogP contribution in [-0.2, 0) is 95.7 Å². The number of rotatable bonds is 19. The fourth-order valence-corrected chi connectivity index (χ4v) is 20.2. The average molecular weight is 1290 g/mol. The predicted molar refractivity (Wildman–Crippen MR) is 280 cm³/mol. The number of nitrogens with one attached hydrogen (secondary N) is 2. The maximum Gasteiger partial charge on any atom is 0.385 e. The number of hydrogen-bond donors (Lipinski definition) is 5. The van der Waals surface area contributed by atoms with Crippen molar-refractivity contribution in [2.24, 2.45) is 0 Å². The van der Waals surface area contributed by atoms with Gasteiger partial charge in [0.25, 0.3) is 11.1 Å². The molecule has 34 nitrogen and oxygen atoms in total. The number of H-pyrrole nitrogens is 2. The number of carbonyl (C=O) groups is 2. The molecule has 12 atom stereocenters. The van der Waals surface area contributed by atoms with Gasteiger partial charge in [0.2, 0.25) is 22.5 Å². The van der Waals surface area contributed by atoms with Crippen LogP contribution in [0.5, 0.6) is 0 Å². The molecule has 3 aliphatic heterocycles. The van der Waals surface area contributed by atoms with Gasteiger partial charge in [0.1, 0.15) is 24.7 Å². The molecule has 0 saturated carbocycles. The third kappa shape index (κ3) is 27.7. The van der Waals surface area contributed by atoms with Crippen molar-refractivity contribution >= 4 is 72.4 Å². The van der Waals surface area contributed by atoms with E-state index in [1.54, 1.807) is 0 Å². The van der Waals surface area contributed by atoms with Crippen LogP contribution in [0.15, 0.2) is 31.6 Å². The molecule has 0 spiro atoms. The Morgan fingerprint density at radius 3 is 1.33 bits per heavy atom. The minimum atomic E-state index is -4.27. The Bertz CT molecular complexity index is 3080. The molecule has 8 unspecified atom stereocenters. The Labute approximate surface area is 452 Å². The molecule has 2 aromatic rings. The highest BCUT2D eigenvalue weighted by atomic mass is 31.3. The largest absolute Gasteiger partial charge is 0.766 e. The number of aryl methyl sites for hydroxylation is 2. The molecule has 0 bridgehead atoms. The van der Waals surface area contributed by atoms with Crippen molar-refractivity contribution in [2.45, 2.75) is 77.4 Å². The van der Waals surface area contributed by atoms with E-state index >= 15 is 0 Å². The summed E-state index contributed by atoms with van der Waals surface area (Å²) in [5, 5.41) is 20.3. The van der Waals surface area contributed by atoms with Gasteiger partial charge < -0.3 is 52.3 Å². The summed E-state index contributed by atoms with van der Waals surface area (Å²) in [5.41, 5.74) is -1.87. The molecule has 2 aromatic heterocycles. The highest BCUT2D eigenvalue weighted by Crippen LogP contribution is 2.68. The van der Waals surface area contributed by atoms with Crippen molar-refractivity contribution in [1.82, 2.24) is 23.8 Å². The fourth-order valence-electron chi connectivity index (χ4n) is 6.73. The number of carbonyl (C=O) groups excluding carboxylic acids is 2. The van der Waals surface area contributed by atoms with E-state index in [4.69, 9.17) is 36.8 Å². The lowest BCUT2D eigenvalue weighted by molar-refractivity contribution is -0.218. The number of ether oxygens (including phenoxy) is 3. The summed E-state index contributed by atoms with van der Waals surface area (Å²) in [4.78, 5) is 93.2. The van der Waals surface area contributed by atoms with Crippen LogP contribution in [0.3, 0.4) is 0 Å². The first-order valence-corrected chi connectivity index (χ1v) is 39.3. The molecule has 3 fully saturated rings. The molecule has 3 aliphatic rings. The van der Waals surface area contributed by atoms with E-state index in [9.17, 15) is 80.4 Å². The standard InChI is InChI=1S/C15H25N2O12P3.C14H22N3O8P.C5H12O5P2.C3H10O4P2/c1-9-7-17(15(21)16-14(9)20)13-6-11(19)12(26-13)8-25-30(3,22)28-32(5,24)29-31(4,23)27-10(2)18;1-9-7-17(14(20)15-13(9)19)12-6-10(18)11(25-12)8-24-26(21,22)16-2-4-23-5-3-16;1-5(6)9-12(4,8)10-11(2,3)7;1-8(2,4)7-9(3,5)6/h7,11-13,19H,6,8H2,1-5H3,(H,16,20,21);7,10-12,18H,2-6,8H2,1H3,(H,21,22)(H,15,19,20);1-4H3;1-3H3,(H,5,6)/p-1/t11?,12-,13-,30?,31?,32?;10?,11-,12-;;/m11../s1. The smallest absolute Gasteiger partial charge is 0.385 e. The predicted octanol–water partition coefficient (Wildman–Crippen LogP) is 3.17. The van der Waals surface area contributed by atoms with E-state index in [1.807, 2.05) is 0 Å². The summed E-state index contributed by atoms with van der Waals surface area (Å²) >= 11 is 0. The average Bonchev–Trinajstić information content (AvgIpc) is 3.79. The summed E-state index contributed by atoms with van der Waals surface area (Å²) in [6.45, 7) is 15.3. The van der Waals surface area contributed by atoms with Crippen molar-refractivity contribution in [2.75, 3.05) is 99.5 Å². The second-order valence-corrected chi connectivity index (χ2v) is 36.1. The summed E-state index contributed by atoms with van der Waals surface area (Å²) in [5.74, 6) is -1.65. The van der Waals surface area contributed by atoms with Gasteiger partial charge in [-0.2, -0.15) is 0 Å². The minimum Gasteiger partial charge on any atom is -0.766 e. The molecule has 3 saturated heterocycles.